The van der Waals surface area contributed by atoms with Crippen LogP contribution in [-0.2, 0) is 11.3 Å². The average molecular weight is 236 g/mol. The van der Waals surface area contributed by atoms with Crippen LogP contribution in [0.5, 0.6) is 0 Å². The van der Waals surface area contributed by atoms with Gasteiger partial charge in [0.2, 0.25) is 0 Å². The first kappa shape index (κ1) is 13.0. The molecule has 0 amide bonds. The van der Waals surface area contributed by atoms with Gasteiger partial charge in [0, 0.05) is 12.7 Å². The van der Waals surface area contributed by atoms with Crippen molar-refractivity contribution in [1.82, 2.24) is 0 Å². The Labute approximate surface area is 91.0 Å². The van der Waals surface area contributed by atoms with Crippen molar-refractivity contribution in [1.29, 1.82) is 0 Å². The Hall–Kier alpha value is -1.10. The molecule has 0 unspecified atom stereocenters. The van der Waals surface area contributed by atoms with Gasteiger partial charge in [-0.25, -0.2) is 17.6 Å². The van der Waals surface area contributed by atoms with Gasteiger partial charge in [-0.3, -0.25) is 0 Å². The van der Waals surface area contributed by atoms with Crippen molar-refractivity contribution in [2.75, 3.05) is 6.61 Å². The van der Waals surface area contributed by atoms with Gasteiger partial charge in [-0.15, -0.1) is 0 Å². The van der Waals surface area contributed by atoms with Gasteiger partial charge in [0.15, 0.2) is 23.3 Å². The van der Waals surface area contributed by atoms with Gasteiger partial charge >= 0.3 is 0 Å². The zero-order chi connectivity index (χ0) is 12.3. The van der Waals surface area contributed by atoms with Gasteiger partial charge < -0.3 is 4.74 Å². The van der Waals surface area contributed by atoms with Crippen molar-refractivity contribution in [3.8, 4) is 0 Å². The number of hydrogen-bond donors (Lipinski definition) is 0. The van der Waals surface area contributed by atoms with E-state index in [1.807, 2.05) is 13.8 Å². The molecule has 0 aliphatic heterocycles. The molecule has 16 heavy (non-hydrogen) atoms. The minimum Gasteiger partial charge on any atom is -0.376 e. The van der Waals surface area contributed by atoms with E-state index in [-0.39, 0.29) is 18.6 Å². The maximum Gasteiger partial charge on any atom is 0.167 e. The maximum atomic E-state index is 13.1. The van der Waals surface area contributed by atoms with E-state index >= 15 is 0 Å². The molecule has 1 aromatic carbocycles. The average Bonchev–Trinajstić information content (AvgIpc) is 2.20. The highest BCUT2D eigenvalue weighted by Gasteiger charge is 2.18. The largest absolute Gasteiger partial charge is 0.376 e. The zero-order valence-corrected chi connectivity index (χ0v) is 8.99. The molecule has 0 radical (unpaired) electrons. The Morgan fingerprint density at radius 3 is 2.00 bits per heavy atom. The molecular formula is C11H12F4O. The zero-order valence-electron chi connectivity index (χ0n) is 8.99. The summed E-state index contributed by atoms with van der Waals surface area (Å²) in [5.41, 5.74) is -0.710. The predicted octanol–water partition coefficient (Wildman–Crippen LogP) is 3.42. The van der Waals surface area contributed by atoms with Crippen LogP contribution in [0.25, 0.3) is 0 Å². The van der Waals surface area contributed by atoms with Crippen LogP contribution in [0.4, 0.5) is 17.6 Å². The van der Waals surface area contributed by atoms with Crippen LogP contribution in [-0.4, -0.2) is 6.61 Å². The molecule has 0 saturated heterocycles. The topological polar surface area (TPSA) is 9.23 Å². The molecule has 0 bridgehead atoms. The van der Waals surface area contributed by atoms with Crippen LogP contribution in [0.1, 0.15) is 19.4 Å². The maximum absolute atomic E-state index is 13.1. The SMILES string of the molecule is CC(C)COCc1c(F)c(F)cc(F)c1F. The molecule has 1 aromatic rings. The molecule has 0 aliphatic carbocycles. The van der Waals surface area contributed by atoms with E-state index in [1.54, 1.807) is 0 Å². The molecule has 90 valence electrons. The van der Waals surface area contributed by atoms with Crippen LogP contribution >= 0.6 is 0 Å². The van der Waals surface area contributed by atoms with E-state index < -0.39 is 35.4 Å². The third-order valence-corrected chi connectivity index (χ3v) is 1.90. The molecule has 0 fully saturated rings. The van der Waals surface area contributed by atoms with Crippen molar-refractivity contribution in [3.05, 3.63) is 34.9 Å². The standard InChI is InChI=1S/C11H12F4O/c1-6(2)4-16-5-7-10(14)8(12)3-9(13)11(7)15/h3,6H,4-5H2,1-2H3. The number of hydrogen-bond acceptors (Lipinski definition) is 1. The van der Waals surface area contributed by atoms with E-state index in [2.05, 4.69) is 0 Å². The third-order valence-electron chi connectivity index (χ3n) is 1.90. The van der Waals surface area contributed by atoms with E-state index in [1.165, 1.54) is 0 Å². The number of rotatable bonds is 4. The molecule has 5 heteroatoms. The van der Waals surface area contributed by atoms with Crippen molar-refractivity contribution in [3.63, 3.8) is 0 Å². The fourth-order valence-corrected chi connectivity index (χ4v) is 1.15. The van der Waals surface area contributed by atoms with Gasteiger partial charge in [0.25, 0.3) is 0 Å². The van der Waals surface area contributed by atoms with Gasteiger partial charge in [-0.05, 0) is 5.92 Å². The molecule has 0 heterocycles. The summed E-state index contributed by atoms with van der Waals surface area (Å²) in [5.74, 6) is -5.46. The Morgan fingerprint density at radius 2 is 1.56 bits per heavy atom. The lowest BCUT2D eigenvalue weighted by atomic mass is 10.2. The minimum absolute atomic E-state index is 0.171. The summed E-state index contributed by atoms with van der Waals surface area (Å²) in [5, 5.41) is 0. The van der Waals surface area contributed by atoms with E-state index in [9.17, 15) is 17.6 Å². The second kappa shape index (κ2) is 5.30. The van der Waals surface area contributed by atoms with Gasteiger partial charge in [0.05, 0.1) is 12.2 Å². The summed E-state index contributed by atoms with van der Waals surface area (Å²) in [6.07, 6.45) is 0. The first-order valence-corrected chi connectivity index (χ1v) is 4.83. The Balaban J connectivity index is 2.86. The third kappa shape index (κ3) is 2.95. The summed E-state index contributed by atoms with van der Waals surface area (Å²) in [7, 11) is 0. The van der Waals surface area contributed by atoms with Crippen LogP contribution in [0.3, 0.4) is 0 Å². The van der Waals surface area contributed by atoms with Crippen LogP contribution in [0, 0.1) is 29.2 Å². The second-order valence-electron chi connectivity index (χ2n) is 3.86. The number of benzene rings is 1. The highest BCUT2D eigenvalue weighted by molar-refractivity contribution is 5.21. The highest BCUT2D eigenvalue weighted by Crippen LogP contribution is 2.20. The van der Waals surface area contributed by atoms with Crippen molar-refractivity contribution >= 4 is 0 Å². The number of halogens is 4. The monoisotopic (exact) mass is 236 g/mol. The molecular weight excluding hydrogens is 224 g/mol. The Bertz CT molecular complexity index is 350. The highest BCUT2D eigenvalue weighted by atomic mass is 19.2. The molecule has 1 rings (SSSR count). The molecule has 0 spiro atoms. The lowest BCUT2D eigenvalue weighted by Gasteiger charge is -2.09. The summed E-state index contributed by atoms with van der Waals surface area (Å²) >= 11 is 0. The smallest absolute Gasteiger partial charge is 0.167 e. The van der Waals surface area contributed by atoms with Crippen molar-refractivity contribution in [2.45, 2.75) is 20.5 Å². The molecule has 0 N–H and O–H groups in total. The Kier molecular flexibility index (Phi) is 4.29. The van der Waals surface area contributed by atoms with Crippen molar-refractivity contribution in [2.24, 2.45) is 5.92 Å². The normalized spacial score (nSPS) is 11.2. The summed E-state index contributed by atoms with van der Waals surface area (Å²) < 4.78 is 56.7. The molecule has 0 saturated carbocycles. The number of ether oxygens (including phenoxy) is 1. The molecule has 0 aliphatic rings. The van der Waals surface area contributed by atoms with Crippen LogP contribution in [0.15, 0.2) is 6.07 Å². The Morgan fingerprint density at radius 1 is 1.06 bits per heavy atom. The van der Waals surface area contributed by atoms with E-state index in [0.717, 1.165) is 0 Å². The molecule has 0 aromatic heterocycles. The summed E-state index contributed by atoms with van der Waals surface area (Å²) in [4.78, 5) is 0. The summed E-state index contributed by atoms with van der Waals surface area (Å²) in [6.45, 7) is 3.47. The fraction of sp³-hybridized carbons (Fsp3) is 0.455. The van der Waals surface area contributed by atoms with E-state index in [4.69, 9.17) is 4.74 Å². The van der Waals surface area contributed by atoms with Crippen molar-refractivity contribution < 1.29 is 22.3 Å². The summed E-state index contributed by atoms with van der Waals surface area (Å²) in [6, 6.07) is 0.177. The fourth-order valence-electron chi connectivity index (χ4n) is 1.15. The van der Waals surface area contributed by atoms with Gasteiger partial charge in [-0.1, -0.05) is 13.8 Å². The minimum atomic E-state index is -1.41. The van der Waals surface area contributed by atoms with Gasteiger partial charge in [0.1, 0.15) is 0 Å². The first-order valence-electron chi connectivity index (χ1n) is 4.83. The molecule has 0 atom stereocenters. The van der Waals surface area contributed by atoms with Gasteiger partial charge in [-0.2, -0.15) is 0 Å². The molecule has 1 nitrogen and oxygen atoms in total. The van der Waals surface area contributed by atoms with Crippen LogP contribution < -0.4 is 0 Å². The second-order valence-corrected chi connectivity index (χ2v) is 3.86. The lowest BCUT2D eigenvalue weighted by Crippen LogP contribution is -2.07. The first-order chi connectivity index (χ1) is 7.43. The predicted molar refractivity (Wildman–Crippen MR) is 50.8 cm³/mol. The lowest BCUT2D eigenvalue weighted by molar-refractivity contribution is 0.0917. The quantitative estimate of drug-likeness (QED) is 0.575. The van der Waals surface area contributed by atoms with E-state index in [0.29, 0.717) is 0 Å². The van der Waals surface area contributed by atoms with Crippen LogP contribution in [0.2, 0.25) is 0 Å².